The van der Waals surface area contributed by atoms with Crippen LogP contribution in [0.4, 0.5) is 0 Å². The van der Waals surface area contributed by atoms with Crippen LogP contribution in [-0.2, 0) is 18.1 Å². The minimum absolute atomic E-state index is 0.0485. The maximum atomic E-state index is 11.3. The van der Waals surface area contributed by atoms with Crippen LogP contribution in [-0.4, -0.2) is 27.1 Å². The SMILES string of the molecule is O=S(=O)(Cl)c1ccc(-c2nonc2-c2ccc(S(=O)(=O)Cl)cc2)cc1. The highest BCUT2D eigenvalue weighted by Gasteiger charge is 2.17. The van der Waals surface area contributed by atoms with E-state index in [2.05, 4.69) is 10.3 Å². The highest BCUT2D eigenvalue weighted by molar-refractivity contribution is 8.14. The van der Waals surface area contributed by atoms with Crippen molar-refractivity contribution in [2.24, 2.45) is 0 Å². The van der Waals surface area contributed by atoms with Gasteiger partial charge in [-0.2, -0.15) is 0 Å². The summed E-state index contributed by atoms with van der Waals surface area (Å²) in [6.07, 6.45) is 0. The van der Waals surface area contributed by atoms with E-state index in [1.165, 1.54) is 48.5 Å². The fourth-order valence-electron chi connectivity index (χ4n) is 2.12. The molecular formula is C14H8Cl2N2O5S2. The maximum Gasteiger partial charge on any atom is 0.261 e. The smallest absolute Gasteiger partial charge is 0.243 e. The zero-order valence-electron chi connectivity index (χ0n) is 12.1. The van der Waals surface area contributed by atoms with Crippen LogP contribution < -0.4 is 0 Å². The van der Waals surface area contributed by atoms with E-state index < -0.39 is 18.1 Å². The Morgan fingerprint density at radius 3 is 1.24 bits per heavy atom. The highest BCUT2D eigenvalue weighted by Crippen LogP contribution is 2.30. The standard InChI is InChI=1S/C14H8Cl2N2O5S2/c15-24(19,20)11-5-1-9(2-6-11)13-14(18-23-17-13)10-3-7-12(8-4-10)25(16,21)22/h1-8H. The average molecular weight is 419 g/mol. The largest absolute Gasteiger partial charge is 0.261 e. The Kier molecular flexibility index (Phi) is 4.58. The Bertz CT molecular complexity index is 1030. The molecule has 0 fully saturated rings. The third-order valence-corrected chi connectivity index (χ3v) is 6.05. The molecule has 0 saturated heterocycles. The van der Waals surface area contributed by atoms with E-state index in [4.69, 9.17) is 26.0 Å². The van der Waals surface area contributed by atoms with Gasteiger partial charge < -0.3 is 0 Å². The molecule has 3 rings (SSSR count). The summed E-state index contributed by atoms with van der Waals surface area (Å²) in [4.78, 5) is -0.0971. The summed E-state index contributed by atoms with van der Waals surface area (Å²) in [5.41, 5.74) is 1.82. The van der Waals surface area contributed by atoms with Crippen LogP contribution in [0.2, 0.25) is 0 Å². The molecule has 0 atom stereocenters. The lowest BCUT2D eigenvalue weighted by atomic mass is 10.1. The van der Waals surface area contributed by atoms with Gasteiger partial charge in [0.2, 0.25) is 0 Å². The maximum absolute atomic E-state index is 11.3. The number of hydrogen-bond donors (Lipinski definition) is 0. The second-order valence-electron chi connectivity index (χ2n) is 4.89. The van der Waals surface area contributed by atoms with Crippen molar-refractivity contribution < 1.29 is 21.5 Å². The van der Waals surface area contributed by atoms with Gasteiger partial charge in [-0.3, -0.25) is 0 Å². The topological polar surface area (TPSA) is 107 Å². The summed E-state index contributed by atoms with van der Waals surface area (Å²) >= 11 is 0. The molecule has 130 valence electrons. The van der Waals surface area contributed by atoms with E-state index in [1.807, 2.05) is 0 Å². The van der Waals surface area contributed by atoms with Gasteiger partial charge in [0.15, 0.2) is 0 Å². The van der Waals surface area contributed by atoms with Crippen LogP contribution in [0.5, 0.6) is 0 Å². The molecule has 0 aliphatic heterocycles. The summed E-state index contributed by atoms with van der Waals surface area (Å²) < 4.78 is 49.9. The highest BCUT2D eigenvalue weighted by atomic mass is 35.7. The van der Waals surface area contributed by atoms with Crippen LogP contribution >= 0.6 is 21.4 Å². The second-order valence-corrected chi connectivity index (χ2v) is 10.0. The van der Waals surface area contributed by atoms with Crippen molar-refractivity contribution in [1.29, 1.82) is 0 Å². The van der Waals surface area contributed by atoms with Crippen molar-refractivity contribution in [2.75, 3.05) is 0 Å². The van der Waals surface area contributed by atoms with Gasteiger partial charge in [0, 0.05) is 32.5 Å². The molecule has 25 heavy (non-hydrogen) atoms. The van der Waals surface area contributed by atoms with Gasteiger partial charge in [0.05, 0.1) is 9.79 Å². The third-order valence-electron chi connectivity index (χ3n) is 3.31. The van der Waals surface area contributed by atoms with Crippen molar-refractivity contribution in [3.8, 4) is 22.5 Å². The van der Waals surface area contributed by atoms with Crippen LogP contribution in [0, 0.1) is 0 Å². The fraction of sp³-hybridized carbons (Fsp3) is 0. The molecule has 0 N–H and O–H groups in total. The molecule has 0 spiro atoms. The molecule has 11 heteroatoms. The molecule has 0 aliphatic carbocycles. The van der Waals surface area contributed by atoms with Crippen molar-refractivity contribution in [3.63, 3.8) is 0 Å². The van der Waals surface area contributed by atoms with Gasteiger partial charge in [-0.1, -0.05) is 24.3 Å². The summed E-state index contributed by atoms with van der Waals surface area (Å²) in [6, 6.07) is 11.4. The molecule has 0 bridgehead atoms. The summed E-state index contributed by atoms with van der Waals surface area (Å²) in [5, 5.41) is 7.63. The average Bonchev–Trinajstić information content (AvgIpc) is 3.03. The molecule has 0 amide bonds. The first-order chi connectivity index (χ1) is 11.7. The molecule has 0 aliphatic rings. The molecule has 2 aromatic carbocycles. The minimum Gasteiger partial charge on any atom is -0.243 e. The summed E-state index contributed by atoms with van der Waals surface area (Å²) in [7, 11) is 2.91. The first kappa shape index (κ1) is 17.9. The second kappa shape index (κ2) is 6.41. The van der Waals surface area contributed by atoms with Crippen LogP contribution in [0.1, 0.15) is 0 Å². The number of halogens is 2. The monoisotopic (exact) mass is 418 g/mol. The molecule has 0 unspecified atom stereocenters. The lowest BCUT2D eigenvalue weighted by Gasteiger charge is -2.02. The minimum atomic E-state index is -3.83. The molecule has 7 nitrogen and oxygen atoms in total. The Labute approximate surface area is 152 Å². The first-order valence-electron chi connectivity index (χ1n) is 6.59. The van der Waals surface area contributed by atoms with Gasteiger partial charge in [0.1, 0.15) is 11.4 Å². The zero-order chi connectivity index (χ0) is 18.2. The molecular weight excluding hydrogens is 411 g/mol. The van der Waals surface area contributed by atoms with E-state index in [-0.39, 0.29) is 9.79 Å². The number of aromatic nitrogens is 2. The number of benzene rings is 2. The molecule has 0 radical (unpaired) electrons. The van der Waals surface area contributed by atoms with E-state index >= 15 is 0 Å². The zero-order valence-corrected chi connectivity index (χ0v) is 15.3. The predicted molar refractivity (Wildman–Crippen MR) is 91.2 cm³/mol. The molecule has 1 heterocycles. The Morgan fingerprint density at radius 2 is 0.960 bits per heavy atom. The number of rotatable bonds is 4. The number of nitrogens with zero attached hydrogens (tertiary/aromatic N) is 2. The van der Waals surface area contributed by atoms with E-state index in [0.29, 0.717) is 22.5 Å². The molecule has 1 aromatic heterocycles. The quantitative estimate of drug-likeness (QED) is 0.598. The summed E-state index contributed by atoms with van der Waals surface area (Å²) in [6.45, 7) is 0. The molecule has 3 aromatic rings. The van der Waals surface area contributed by atoms with Gasteiger partial charge in [-0.15, -0.1) is 0 Å². The van der Waals surface area contributed by atoms with Crippen LogP contribution in [0.15, 0.2) is 63.0 Å². The third kappa shape index (κ3) is 3.84. The van der Waals surface area contributed by atoms with Gasteiger partial charge >= 0.3 is 0 Å². The summed E-state index contributed by atoms with van der Waals surface area (Å²) in [5.74, 6) is 0. The van der Waals surface area contributed by atoms with E-state index in [9.17, 15) is 16.8 Å². The fourth-order valence-corrected chi connectivity index (χ4v) is 3.66. The normalized spacial score (nSPS) is 12.2. The molecule has 0 saturated carbocycles. The first-order valence-corrected chi connectivity index (χ1v) is 11.2. The van der Waals surface area contributed by atoms with Crippen molar-refractivity contribution in [1.82, 2.24) is 10.3 Å². The Hall–Kier alpha value is -1.94. The predicted octanol–water partition coefficient (Wildman–Crippen LogP) is 3.26. The number of hydrogen-bond acceptors (Lipinski definition) is 7. The lowest BCUT2D eigenvalue weighted by molar-refractivity contribution is 0.310. The Balaban J connectivity index is 2.01. The van der Waals surface area contributed by atoms with Crippen LogP contribution in [0.3, 0.4) is 0 Å². The van der Waals surface area contributed by atoms with E-state index in [0.717, 1.165) is 0 Å². The van der Waals surface area contributed by atoms with Gasteiger partial charge in [-0.05, 0) is 34.6 Å². The van der Waals surface area contributed by atoms with Crippen molar-refractivity contribution in [3.05, 3.63) is 48.5 Å². The van der Waals surface area contributed by atoms with E-state index in [1.54, 1.807) is 0 Å². The van der Waals surface area contributed by atoms with Gasteiger partial charge in [-0.25, -0.2) is 21.5 Å². The van der Waals surface area contributed by atoms with Crippen molar-refractivity contribution >= 4 is 39.5 Å². The Morgan fingerprint density at radius 1 is 0.640 bits per heavy atom. The van der Waals surface area contributed by atoms with Gasteiger partial charge in [0.25, 0.3) is 18.1 Å². The lowest BCUT2D eigenvalue weighted by Crippen LogP contribution is -1.92. The van der Waals surface area contributed by atoms with Crippen molar-refractivity contribution in [2.45, 2.75) is 9.79 Å². The van der Waals surface area contributed by atoms with Crippen LogP contribution in [0.25, 0.3) is 22.5 Å².